The number of ether oxygens (including phenoxy) is 2. The summed E-state index contributed by atoms with van der Waals surface area (Å²) in [5, 5.41) is 4.71. The number of carbonyl (C=O) groups excluding carboxylic acids is 1. The number of carbonyl (C=O) groups is 1. The van der Waals surface area contributed by atoms with Crippen LogP contribution in [-0.2, 0) is 16.1 Å². The number of methoxy groups -OCH3 is 1. The molecule has 0 bridgehead atoms. The minimum Gasteiger partial charge on any atom is -0.456 e. The van der Waals surface area contributed by atoms with Crippen molar-refractivity contribution in [1.29, 1.82) is 0 Å². The molecule has 1 N–H and O–H groups in total. The average Bonchev–Trinajstić information content (AvgIpc) is 3.64. The number of benzene rings is 2. The highest BCUT2D eigenvalue weighted by Crippen LogP contribution is 2.35. The first-order chi connectivity index (χ1) is 18.0. The SMILES string of the molecule is COC1CCN(C(=O)Cn2cc(-c3cnc4ccc(Oc5ccc6nc(C)[nH]c6c5)c(Cl)c4n3)cn2)C1. The number of aromatic amines is 1. The summed E-state index contributed by atoms with van der Waals surface area (Å²) < 4.78 is 13.0. The molecule has 1 saturated heterocycles. The van der Waals surface area contributed by atoms with Gasteiger partial charge >= 0.3 is 0 Å². The van der Waals surface area contributed by atoms with Gasteiger partial charge in [-0.15, -0.1) is 0 Å². The Kier molecular flexibility index (Phi) is 5.97. The second-order valence-corrected chi connectivity index (χ2v) is 9.39. The van der Waals surface area contributed by atoms with Gasteiger partial charge in [0.05, 0.1) is 40.7 Å². The number of nitrogens with one attached hydrogen (secondary N) is 1. The van der Waals surface area contributed by atoms with Crippen LogP contribution in [0.3, 0.4) is 0 Å². The molecular formula is C26H24ClN7O3. The molecule has 1 atom stereocenters. The van der Waals surface area contributed by atoms with Gasteiger partial charge in [0.15, 0.2) is 0 Å². The third kappa shape index (κ3) is 4.61. The lowest BCUT2D eigenvalue weighted by Crippen LogP contribution is -2.33. The van der Waals surface area contributed by atoms with Crippen molar-refractivity contribution < 1.29 is 14.3 Å². The molecule has 1 aliphatic heterocycles. The predicted octanol–water partition coefficient (Wildman–Crippen LogP) is 4.37. The summed E-state index contributed by atoms with van der Waals surface area (Å²) in [4.78, 5) is 31.3. The van der Waals surface area contributed by atoms with E-state index in [4.69, 9.17) is 26.1 Å². The van der Waals surface area contributed by atoms with Gasteiger partial charge in [-0.2, -0.15) is 5.10 Å². The first-order valence-electron chi connectivity index (χ1n) is 11.9. The molecule has 3 aromatic heterocycles. The van der Waals surface area contributed by atoms with Gasteiger partial charge < -0.3 is 19.4 Å². The maximum atomic E-state index is 12.6. The van der Waals surface area contributed by atoms with E-state index in [0.29, 0.717) is 46.3 Å². The minimum absolute atomic E-state index is 0.00658. The molecule has 1 unspecified atom stereocenters. The fourth-order valence-electron chi connectivity index (χ4n) is 4.52. The van der Waals surface area contributed by atoms with Gasteiger partial charge in [-0.25, -0.2) is 9.97 Å². The summed E-state index contributed by atoms with van der Waals surface area (Å²) in [5.41, 5.74) is 4.24. The number of fused-ring (bicyclic) bond motifs is 2. The molecule has 1 amide bonds. The molecular weight excluding hydrogens is 494 g/mol. The van der Waals surface area contributed by atoms with Gasteiger partial charge in [0.1, 0.15) is 34.4 Å². The van der Waals surface area contributed by atoms with Crippen molar-refractivity contribution in [1.82, 2.24) is 34.6 Å². The van der Waals surface area contributed by atoms with Crippen molar-refractivity contribution in [2.24, 2.45) is 0 Å². The number of halogens is 1. The van der Waals surface area contributed by atoms with Crippen molar-refractivity contribution in [3.8, 4) is 22.8 Å². The lowest BCUT2D eigenvalue weighted by Gasteiger charge is -2.15. The van der Waals surface area contributed by atoms with Crippen molar-refractivity contribution in [3.63, 3.8) is 0 Å². The van der Waals surface area contributed by atoms with Gasteiger partial charge in [0.25, 0.3) is 0 Å². The highest BCUT2D eigenvalue weighted by Gasteiger charge is 2.26. The molecule has 5 aromatic rings. The smallest absolute Gasteiger partial charge is 0.244 e. The van der Waals surface area contributed by atoms with E-state index in [1.54, 1.807) is 41.3 Å². The van der Waals surface area contributed by atoms with Crippen LogP contribution in [0.15, 0.2) is 48.9 Å². The van der Waals surface area contributed by atoms with Gasteiger partial charge in [0, 0.05) is 38.0 Å². The Morgan fingerprint density at radius 2 is 2.05 bits per heavy atom. The molecule has 0 spiro atoms. The maximum absolute atomic E-state index is 12.6. The Bertz CT molecular complexity index is 1630. The zero-order valence-electron chi connectivity index (χ0n) is 20.3. The van der Waals surface area contributed by atoms with Crippen LogP contribution in [0.2, 0.25) is 5.02 Å². The van der Waals surface area contributed by atoms with Gasteiger partial charge in [-0.1, -0.05) is 11.6 Å². The minimum atomic E-state index is 0.00658. The van der Waals surface area contributed by atoms with E-state index in [-0.39, 0.29) is 18.6 Å². The number of H-pyrrole nitrogens is 1. The number of likely N-dealkylation sites (tertiary alicyclic amines) is 1. The van der Waals surface area contributed by atoms with Crippen LogP contribution in [0.4, 0.5) is 0 Å². The molecule has 0 saturated carbocycles. The van der Waals surface area contributed by atoms with E-state index in [0.717, 1.165) is 28.8 Å². The Hall–Kier alpha value is -4.02. The first-order valence-corrected chi connectivity index (χ1v) is 12.3. The van der Waals surface area contributed by atoms with Crippen LogP contribution < -0.4 is 4.74 Å². The third-order valence-electron chi connectivity index (χ3n) is 6.47. The van der Waals surface area contributed by atoms with E-state index in [1.807, 2.05) is 31.2 Å². The molecule has 10 nitrogen and oxygen atoms in total. The van der Waals surface area contributed by atoms with E-state index < -0.39 is 0 Å². The Morgan fingerprint density at radius 1 is 1.19 bits per heavy atom. The number of imidazole rings is 1. The van der Waals surface area contributed by atoms with Crippen LogP contribution in [0.25, 0.3) is 33.3 Å². The van der Waals surface area contributed by atoms with E-state index in [1.165, 1.54) is 0 Å². The second-order valence-electron chi connectivity index (χ2n) is 9.02. The number of hydrogen-bond donors (Lipinski definition) is 1. The summed E-state index contributed by atoms with van der Waals surface area (Å²) in [6, 6.07) is 9.21. The topological polar surface area (TPSA) is 111 Å². The van der Waals surface area contributed by atoms with Crippen LogP contribution in [0, 0.1) is 6.92 Å². The molecule has 0 radical (unpaired) electrons. The summed E-state index contributed by atoms with van der Waals surface area (Å²) >= 11 is 6.71. The Labute approximate surface area is 217 Å². The normalized spacial score (nSPS) is 15.6. The molecule has 0 aliphatic carbocycles. The predicted molar refractivity (Wildman–Crippen MR) is 139 cm³/mol. The first kappa shape index (κ1) is 23.4. The summed E-state index contributed by atoms with van der Waals surface area (Å²) in [6.45, 7) is 3.36. The van der Waals surface area contributed by atoms with Crippen LogP contribution >= 0.6 is 11.6 Å². The number of rotatable bonds is 6. The number of amides is 1. The molecule has 11 heteroatoms. The zero-order valence-corrected chi connectivity index (χ0v) is 21.1. The molecule has 1 fully saturated rings. The monoisotopic (exact) mass is 517 g/mol. The van der Waals surface area contributed by atoms with Gasteiger partial charge in [-0.05, 0) is 37.6 Å². The highest BCUT2D eigenvalue weighted by atomic mass is 35.5. The molecule has 1 aliphatic rings. The Balaban J connectivity index is 1.23. The Morgan fingerprint density at radius 3 is 2.89 bits per heavy atom. The van der Waals surface area contributed by atoms with Gasteiger partial charge in [-0.3, -0.25) is 14.5 Å². The standard InChI is InChI=1S/C26H24ClN7O3/c1-15-30-19-4-3-17(9-21(19)31-15)37-23-6-5-20-26(25(23)27)32-22(11-28-20)16-10-29-34(12-16)14-24(35)33-8-7-18(13-33)36-2/h3-6,9-12,18H,7-8,13-14H2,1-2H3,(H,30,31). The van der Waals surface area contributed by atoms with Gasteiger partial charge in [0.2, 0.25) is 5.91 Å². The van der Waals surface area contributed by atoms with Crippen LogP contribution in [0.1, 0.15) is 12.2 Å². The summed E-state index contributed by atoms with van der Waals surface area (Å²) in [7, 11) is 1.67. The molecule has 6 rings (SSSR count). The zero-order chi connectivity index (χ0) is 25.5. The van der Waals surface area contributed by atoms with E-state index >= 15 is 0 Å². The number of aromatic nitrogens is 6. The molecule has 2 aromatic carbocycles. The summed E-state index contributed by atoms with van der Waals surface area (Å²) in [5.74, 6) is 1.94. The second kappa shape index (κ2) is 9.45. The highest BCUT2D eigenvalue weighted by molar-refractivity contribution is 6.36. The quantitative estimate of drug-likeness (QED) is 0.356. The van der Waals surface area contributed by atoms with Crippen LogP contribution in [0.5, 0.6) is 11.5 Å². The largest absolute Gasteiger partial charge is 0.456 e. The number of nitrogens with zero attached hydrogens (tertiary/aromatic N) is 6. The molecule has 4 heterocycles. The molecule has 188 valence electrons. The lowest BCUT2D eigenvalue weighted by molar-refractivity contribution is -0.131. The summed E-state index contributed by atoms with van der Waals surface area (Å²) in [6.07, 6.45) is 6.07. The van der Waals surface area contributed by atoms with Crippen LogP contribution in [-0.4, -0.2) is 66.8 Å². The third-order valence-corrected chi connectivity index (χ3v) is 6.84. The van der Waals surface area contributed by atoms with E-state index in [2.05, 4.69) is 20.1 Å². The fourth-order valence-corrected chi connectivity index (χ4v) is 4.76. The maximum Gasteiger partial charge on any atom is 0.244 e. The van der Waals surface area contributed by atoms with Crippen molar-refractivity contribution in [2.75, 3.05) is 20.2 Å². The van der Waals surface area contributed by atoms with Crippen molar-refractivity contribution >= 4 is 39.6 Å². The number of aryl methyl sites for hydroxylation is 1. The lowest BCUT2D eigenvalue weighted by atomic mass is 10.2. The number of hydrogen-bond acceptors (Lipinski definition) is 7. The average molecular weight is 518 g/mol. The van der Waals surface area contributed by atoms with E-state index in [9.17, 15) is 4.79 Å². The molecule has 37 heavy (non-hydrogen) atoms. The van der Waals surface area contributed by atoms with Crippen molar-refractivity contribution in [2.45, 2.75) is 26.0 Å². The van der Waals surface area contributed by atoms with Crippen molar-refractivity contribution in [3.05, 3.63) is 59.8 Å². The fraction of sp³-hybridized carbons (Fsp3) is 0.269.